The minimum atomic E-state index is -0.148. The van der Waals surface area contributed by atoms with Crippen LogP contribution in [0.25, 0.3) is 0 Å². The molecule has 0 amide bonds. The van der Waals surface area contributed by atoms with E-state index in [-0.39, 0.29) is 6.04 Å². The van der Waals surface area contributed by atoms with Gasteiger partial charge < -0.3 is 10.2 Å². The predicted octanol–water partition coefficient (Wildman–Crippen LogP) is 2.59. The molecule has 3 heteroatoms. The molecular weight excluding hydrogens is 200 g/mol. The zero-order valence-corrected chi connectivity index (χ0v) is 9.60. The van der Waals surface area contributed by atoms with Crippen molar-refractivity contribution in [2.24, 2.45) is 5.73 Å². The maximum absolute atomic E-state index is 5.69. The fourth-order valence-corrected chi connectivity index (χ4v) is 1.62. The lowest BCUT2D eigenvalue weighted by Gasteiger charge is -2.01. The van der Waals surface area contributed by atoms with Crippen LogP contribution in [0, 0.1) is 6.92 Å². The van der Waals surface area contributed by atoms with Gasteiger partial charge in [0.15, 0.2) is 0 Å². The van der Waals surface area contributed by atoms with Gasteiger partial charge in [-0.3, -0.25) is 0 Å². The summed E-state index contributed by atoms with van der Waals surface area (Å²) in [6.45, 7) is 3.96. The molecule has 0 aliphatic heterocycles. The third kappa shape index (κ3) is 2.31. The number of rotatable bonds is 3. The minimum absolute atomic E-state index is 0.148. The smallest absolute Gasteiger partial charge is 0.210 e. The van der Waals surface area contributed by atoms with Crippen molar-refractivity contribution >= 4 is 0 Å². The number of aromatic nitrogens is 1. The molecule has 84 valence electrons. The molecule has 2 rings (SSSR count). The van der Waals surface area contributed by atoms with Crippen molar-refractivity contribution in [3.63, 3.8) is 0 Å². The Hall–Kier alpha value is -1.61. The van der Waals surface area contributed by atoms with Crippen LogP contribution in [0.3, 0.4) is 0 Å². The van der Waals surface area contributed by atoms with E-state index < -0.39 is 0 Å². The summed E-state index contributed by atoms with van der Waals surface area (Å²) in [6.07, 6.45) is 2.48. The molecule has 1 unspecified atom stereocenters. The van der Waals surface area contributed by atoms with Crippen molar-refractivity contribution in [1.82, 2.24) is 4.98 Å². The molecule has 2 aromatic rings. The van der Waals surface area contributed by atoms with Crippen molar-refractivity contribution in [3.05, 3.63) is 53.2 Å². The topological polar surface area (TPSA) is 52.0 Å². The summed E-state index contributed by atoms with van der Waals surface area (Å²) in [5, 5.41) is 0. The van der Waals surface area contributed by atoms with Crippen LogP contribution < -0.4 is 5.73 Å². The molecule has 0 saturated heterocycles. The average Bonchev–Trinajstić information content (AvgIpc) is 2.70. The van der Waals surface area contributed by atoms with Crippen molar-refractivity contribution in [2.75, 3.05) is 0 Å². The Morgan fingerprint density at radius 2 is 2.12 bits per heavy atom. The van der Waals surface area contributed by atoms with E-state index in [2.05, 4.69) is 24.0 Å². The van der Waals surface area contributed by atoms with E-state index in [1.165, 1.54) is 11.1 Å². The maximum Gasteiger partial charge on any atom is 0.210 e. The monoisotopic (exact) mass is 216 g/mol. The van der Waals surface area contributed by atoms with Crippen molar-refractivity contribution < 1.29 is 4.42 Å². The third-order valence-electron chi connectivity index (χ3n) is 2.59. The van der Waals surface area contributed by atoms with Crippen LogP contribution in [0.4, 0.5) is 0 Å². The Kier molecular flexibility index (Phi) is 3.06. The molecule has 1 aromatic carbocycles. The van der Waals surface area contributed by atoms with Gasteiger partial charge in [-0.25, -0.2) is 4.98 Å². The van der Waals surface area contributed by atoms with E-state index in [1.807, 2.05) is 19.1 Å². The quantitative estimate of drug-likeness (QED) is 0.858. The number of hydrogen-bond donors (Lipinski definition) is 1. The largest absolute Gasteiger partial charge is 0.447 e. The first kappa shape index (κ1) is 10.9. The van der Waals surface area contributed by atoms with Crippen LogP contribution in [0.15, 0.2) is 34.9 Å². The van der Waals surface area contributed by atoms with Crippen molar-refractivity contribution in [1.29, 1.82) is 0 Å². The van der Waals surface area contributed by atoms with Crippen LogP contribution in [-0.2, 0) is 6.42 Å². The highest BCUT2D eigenvalue weighted by Gasteiger charge is 2.09. The molecule has 0 spiro atoms. The third-order valence-corrected chi connectivity index (χ3v) is 2.59. The van der Waals surface area contributed by atoms with Gasteiger partial charge in [0.05, 0.1) is 11.7 Å². The van der Waals surface area contributed by atoms with Gasteiger partial charge >= 0.3 is 0 Å². The van der Waals surface area contributed by atoms with Gasteiger partial charge in [0.25, 0.3) is 0 Å². The molecule has 3 nitrogen and oxygen atoms in total. The number of hydrogen-bond acceptors (Lipinski definition) is 3. The second-order valence-corrected chi connectivity index (χ2v) is 4.07. The summed E-state index contributed by atoms with van der Waals surface area (Å²) in [6, 6.07) is 8.13. The summed E-state index contributed by atoms with van der Waals surface area (Å²) >= 11 is 0. The molecule has 0 saturated carbocycles. The highest BCUT2D eigenvalue weighted by Crippen LogP contribution is 2.15. The first-order valence-corrected chi connectivity index (χ1v) is 5.41. The molecule has 0 aliphatic rings. The first-order chi connectivity index (χ1) is 7.66. The van der Waals surface area contributed by atoms with Crippen LogP contribution in [0.5, 0.6) is 0 Å². The minimum Gasteiger partial charge on any atom is -0.447 e. The van der Waals surface area contributed by atoms with Crippen LogP contribution in [0.2, 0.25) is 0 Å². The summed E-state index contributed by atoms with van der Waals surface area (Å²) < 4.78 is 5.30. The molecule has 0 bridgehead atoms. The molecule has 0 aliphatic carbocycles. The fourth-order valence-electron chi connectivity index (χ4n) is 1.62. The van der Waals surface area contributed by atoms with Crippen LogP contribution in [-0.4, -0.2) is 4.98 Å². The maximum atomic E-state index is 5.69. The Labute approximate surface area is 95.3 Å². The molecule has 0 fully saturated rings. The van der Waals surface area contributed by atoms with Gasteiger partial charge in [0, 0.05) is 6.42 Å². The number of nitrogens with two attached hydrogens (primary N) is 1. The normalized spacial score (nSPS) is 12.7. The zero-order chi connectivity index (χ0) is 11.5. The average molecular weight is 216 g/mol. The van der Waals surface area contributed by atoms with E-state index in [9.17, 15) is 0 Å². The molecule has 2 N–H and O–H groups in total. The van der Waals surface area contributed by atoms with Crippen LogP contribution in [0.1, 0.15) is 35.7 Å². The molecule has 1 aromatic heterocycles. The zero-order valence-electron chi connectivity index (χ0n) is 9.60. The van der Waals surface area contributed by atoms with Gasteiger partial charge in [-0.05, 0) is 25.0 Å². The van der Waals surface area contributed by atoms with Gasteiger partial charge in [0.2, 0.25) is 5.89 Å². The summed E-state index contributed by atoms with van der Waals surface area (Å²) in [4.78, 5) is 4.35. The van der Waals surface area contributed by atoms with Gasteiger partial charge in [0.1, 0.15) is 6.26 Å². The Bertz CT molecular complexity index is 474. The van der Waals surface area contributed by atoms with E-state index in [1.54, 1.807) is 6.26 Å². The lowest BCUT2D eigenvalue weighted by Crippen LogP contribution is -2.05. The predicted molar refractivity (Wildman–Crippen MR) is 63.1 cm³/mol. The summed E-state index contributed by atoms with van der Waals surface area (Å²) in [5.41, 5.74) is 9.17. The van der Waals surface area contributed by atoms with Crippen molar-refractivity contribution in [2.45, 2.75) is 26.3 Å². The lowest BCUT2D eigenvalue weighted by atomic mass is 10.0. The Balaban J connectivity index is 2.18. The Morgan fingerprint density at radius 1 is 1.38 bits per heavy atom. The first-order valence-electron chi connectivity index (χ1n) is 5.41. The Morgan fingerprint density at radius 3 is 2.75 bits per heavy atom. The summed E-state index contributed by atoms with van der Waals surface area (Å²) in [7, 11) is 0. The number of nitrogens with zero attached hydrogens (tertiary/aromatic N) is 1. The SMILES string of the molecule is Cc1ccccc1Cc1coc(C(C)N)n1. The lowest BCUT2D eigenvalue weighted by molar-refractivity contribution is 0.463. The highest BCUT2D eigenvalue weighted by atomic mass is 16.3. The number of aryl methyl sites for hydroxylation is 1. The summed E-state index contributed by atoms with van der Waals surface area (Å²) in [5.74, 6) is 0.601. The van der Waals surface area contributed by atoms with E-state index in [0.29, 0.717) is 5.89 Å². The van der Waals surface area contributed by atoms with E-state index in [0.717, 1.165) is 12.1 Å². The second kappa shape index (κ2) is 4.49. The van der Waals surface area contributed by atoms with Gasteiger partial charge in [-0.1, -0.05) is 24.3 Å². The number of benzene rings is 1. The molecule has 1 heterocycles. The van der Waals surface area contributed by atoms with E-state index in [4.69, 9.17) is 10.2 Å². The molecule has 0 radical (unpaired) electrons. The molecule has 1 atom stereocenters. The highest BCUT2D eigenvalue weighted by molar-refractivity contribution is 5.29. The van der Waals surface area contributed by atoms with Crippen molar-refractivity contribution in [3.8, 4) is 0 Å². The molecule has 16 heavy (non-hydrogen) atoms. The number of oxazole rings is 1. The fraction of sp³-hybridized carbons (Fsp3) is 0.308. The van der Waals surface area contributed by atoms with Gasteiger partial charge in [-0.15, -0.1) is 0 Å². The second-order valence-electron chi connectivity index (χ2n) is 4.07. The van der Waals surface area contributed by atoms with E-state index >= 15 is 0 Å². The standard InChI is InChI=1S/C13H16N2O/c1-9-5-3-4-6-11(9)7-12-8-16-13(15-12)10(2)14/h3-6,8,10H,7,14H2,1-2H3. The van der Waals surface area contributed by atoms with Crippen LogP contribution >= 0.6 is 0 Å². The molecular formula is C13H16N2O. The van der Waals surface area contributed by atoms with Gasteiger partial charge in [-0.2, -0.15) is 0 Å².